The quantitative estimate of drug-likeness (QED) is 0.835. The Morgan fingerprint density at radius 2 is 2.06 bits per heavy atom. The first-order valence-corrected chi connectivity index (χ1v) is 7.07. The second-order valence-corrected chi connectivity index (χ2v) is 6.90. The van der Waals surface area contributed by atoms with Crippen molar-refractivity contribution >= 4 is 11.6 Å². The van der Waals surface area contributed by atoms with E-state index in [4.69, 9.17) is 11.6 Å². The van der Waals surface area contributed by atoms with E-state index in [0.29, 0.717) is 5.54 Å². The maximum absolute atomic E-state index is 5.83. The molecule has 1 atom stereocenters. The Kier molecular flexibility index (Phi) is 3.59. The smallest absolute Gasteiger partial charge is 0.0338 e. The Hall–Kier alpha value is -0.0500. The summed E-state index contributed by atoms with van der Waals surface area (Å²) < 4.78 is 0. The van der Waals surface area contributed by atoms with Gasteiger partial charge in [-0.25, -0.2) is 0 Å². The highest BCUT2D eigenvalue weighted by Gasteiger charge is 2.49. The van der Waals surface area contributed by atoms with E-state index >= 15 is 0 Å². The first-order chi connectivity index (χ1) is 7.87. The third-order valence-corrected chi connectivity index (χ3v) is 4.69. The lowest BCUT2D eigenvalue weighted by Gasteiger charge is -2.52. The standard InChI is InChI=1S/C14H25ClN2/c1-11(7-15)8-17-10-13(2,3)16-9-14(17,4)12-5-6-12/h7,12,16H,5-6,8-10H2,1-4H3. The summed E-state index contributed by atoms with van der Waals surface area (Å²) in [6, 6.07) is 0. The van der Waals surface area contributed by atoms with Crippen molar-refractivity contribution in [3.8, 4) is 0 Å². The van der Waals surface area contributed by atoms with Crippen molar-refractivity contribution in [2.45, 2.75) is 51.6 Å². The van der Waals surface area contributed by atoms with Gasteiger partial charge in [-0.05, 0) is 52.0 Å². The molecule has 2 nitrogen and oxygen atoms in total. The van der Waals surface area contributed by atoms with Gasteiger partial charge in [0.15, 0.2) is 0 Å². The van der Waals surface area contributed by atoms with Crippen LogP contribution < -0.4 is 5.32 Å². The number of rotatable bonds is 3. The van der Waals surface area contributed by atoms with Gasteiger partial charge in [-0.15, -0.1) is 0 Å². The van der Waals surface area contributed by atoms with Crippen LogP contribution in [0.4, 0.5) is 0 Å². The summed E-state index contributed by atoms with van der Waals surface area (Å²) in [5.74, 6) is 0.870. The number of nitrogens with zero attached hydrogens (tertiary/aromatic N) is 1. The van der Waals surface area contributed by atoms with Crippen molar-refractivity contribution in [2.24, 2.45) is 5.92 Å². The van der Waals surface area contributed by atoms with E-state index in [9.17, 15) is 0 Å². The van der Waals surface area contributed by atoms with E-state index in [-0.39, 0.29) is 5.54 Å². The Morgan fingerprint density at radius 3 is 2.59 bits per heavy atom. The highest BCUT2D eigenvalue weighted by atomic mass is 35.5. The maximum atomic E-state index is 5.83. The molecular weight excluding hydrogens is 232 g/mol. The summed E-state index contributed by atoms with van der Waals surface area (Å²) in [5, 5.41) is 3.70. The molecule has 98 valence electrons. The summed E-state index contributed by atoms with van der Waals surface area (Å²) in [6.07, 6.45) is 2.78. The highest BCUT2D eigenvalue weighted by Crippen LogP contribution is 2.44. The lowest BCUT2D eigenvalue weighted by molar-refractivity contribution is 0.0196. The molecule has 0 amide bonds. The first kappa shape index (κ1) is 13.4. The van der Waals surface area contributed by atoms with Gasteiger partial charge in [0.05, 0.1) is 0 Å². The number of piperazine rings is 1. The predicted octanol–water partition coefficient (Wildman–Crippen LogP) is 2.98. The Balaban J connectivity index is 2.14. The van der Waals surface area contributed by atoms with Gasteiger partial charge in [0.25, 0.3) is 0 Å². The van der Waals surface area contributed by atoms with Gasteiger partial charge in [-0.2, -0.15) is 0 Å². The summed E-state index contributed by atoms with van der Waals surface area (Å²) in [4.78, 5) is 2.63. The van der Waals surface area contributed by atoms with Gasteiger partial charge in [0, 0.05) is 36.2 Å². The molecule has 1 aliphatic carbocycles. The molecule has 1 N–H and O–H groups in total. The van der Waals surface area contributed by atoms with Crippen LogP contribution in [0.15, 0.2) is 11.1 Å². The SMILES string of the molecule is CC(=CCl)CN1CC(C)(C)NCC1(C)C1CC1. The molecular formula is C14H25ClN2. The van der Waals surface area contributed by atoms with E-state index in [1.54, 1.807) is 5.54 Å². The van der Waals surface area contributed by atoms with Crippen LogP contribution in [-0.2, 0) is 0 Å². The fourth-order valence-corrected chi connectivity index (χ4v) is 2.99. The number of hydrogen-bond acceptors (Lipinski definition) is 2. The van der Waals surface area contributed by atoms with Gasteiger partial charge < -0.3 is 5.32 Å². The third-order valence-electron chi connectivity index (χ3n) is 4.32. The number of nitrogens with one attached hydrogen (secondary N) is 1. The number of halogens is 1. The van der Waals surface area contributed by atoms with Crippen LogP contribution in [0.2, 0.25) is 0 Å². The monoisotopic (exact) mass is 256 g/mol. The largest absolute Gasteiger partial charge is 0.309 e. The highest BCUT2D eigenvalue weighted by molar-refractivity contribution is 6.25. The average molecular weight is 257 g/mol. The van der Waals surface area contributed by atoms with Crippen molar-refractivity contribution in [3.63, 3.8) is 0 Å². The van der Waals surface area contributed by atoms with Crippen molar-refractivity contribution in [1.82, 2.24) is 10.2 Å². The molecule has 1 saturated heterocycles. The number of hydrogen-bond donors (Lipinski definition) is 1. The zero-order chi connectivity index (χ0) is 12.7. The van der Waals surface area contributed by atoms with Crippen LogP contribution >= 0.6 is 11.6 Å². The molecule has 0 spiro atoms. The minimum Gasteiger partial charge on any atom is -0.309 e. The van der Waals surface area contributed by atoms with Gasteiger partial charge >= 0.3 is 0 Å². The second-order valence-electron chi connectivity index (χ2n) is 6.68. The third kappa shape index (κ3) is 2.86. The Labute approximate surface area is 110 Å². The van der Waals surface area contributed by atoms with Gasteiger partial charge in [0.2, 0.25) is 0 Å². The van der Waals surface area contributed by atoms with E-state index in [0.717, 1.165) is 25.6 Å². The van der Waals surface area contributed by atoms with E-state index in [2.05, 4.69) is 37.9 Å². The average Bonchev–Trinajstić information content (AvgIpc) is 3.07. The minimum atomic E-state index is 0.209. The summed E-state index contributed by atoms with van der Waals surface area (Å²) in [6.45, 7) is 12.3. The lowest BCUT2D eigenvalue weighted by Crippen LogP contribution is -2.68. The molecule has 1 heterocycles. The molecule has 1 unspecified atom stereocenters. The molecule has 1 saturated carbocycles. The van der Waals surface area contributed by atoms with Crippen LogP contribution in [0.1, 0.15) is 40.5 Å². The van der Waals surface area contributed by atoms with Crippen LogP contribution in [0, 0.1) is 5.92 Å². The minimum absolute atomic E-state index is 0.209. The molecule has 2 fully saturated rings. The Morgan fingerprint density at radius 1 is 1.41 bits per heavy atom. The van der Waals surface area contributed by atoms with E-state index in [1.807, 2.05) is 0 Å². The maximum Gasteiger partial charge on any atom is 0.0338 e. The van der Waals surface area contributed by atoms with Crippen LogP contribution in [0.3, 0.4) is 0 Å². The predicted molar refractivity (Wildman–Crippen MR) is 74.4 cm³/mol. The molecule has 17 heavy (non-hydrogen) atoms. The first-order valence-electron chi connectivity index (χ1n) is 6.63. The molecule has 0 bridgehead atoms. The fraction of sp³-hybridized carbons (Fsp3) is 0.857. The van der Waals surface area contributed by atoms with Crippen LogP contribution in [-0.4, -0.2) is 35.6 Å². The molecule has 1 aliphatic heterocycles. The van der Waals surface area contributed by atoms with Gasteiger partial charge in [-0.1, -0.05) is 11.6 Å². The topological polar surface area (TPSA) is 15.3 Å². The Bertz CT molecular complexity index is 320. The van der Waals surface area contributed by atoms with Crippen molar-refractivity contribution < 1.29 is 0 Å². The molecule has 0 radical (unpaired) electrons. The fourth-order valence-electron chi connectivity index (χ4n) is 2.92. The van der Waals surface area contributed by atoms with E-state index < -0.39 is 0 Å². The van der Waals surface area contributed by atoms with Gasteiger partial charge in [0.1, 0.15) is 0 Å². The van der Waals surface area contributed by atoms with Gasteiger partial charge in [-0.3, -0.25) is 4.90 Å². The molecule has 0 aromatic heterocycles. The molecule has 2 aliphatic rings. The summed E-state index contributed by atoms with van der Waals surface area (Å²) in [7, 11) is 0. The normalized spacial score (nSPS) is 35.0. The van der Waals surface area contributed by atoms with Crippen LogP contribution in [0.25, 0.3) is 0 Å². The van der Waals surface area contributed by atoms with Crippen LogP contribution in [0.5, 0.6) is 0 Å². The second kappa shape index (κ2) is 4.56. The van der Waals surface area contributed by atoms with Crippen molar-refractivity contribution in [2.75, 3.05) is 19.6 Å². The van der Waals surface area contributed by atoms with Crippen molar-refractivity contribution in [1.29, 1.82) is 0 Å². The summed E-state index contributed by atoms with van der Waals surface area (Å²) >= 11 is 5.83. The zero-order valence-electron chi connectivity index (χ0n) is 11.5. The molecule has 3 heteroatoms. The summed E-state index contributed by atoms with van der Waals surface area (Å²) in [5.41, 5.74) is 3.51. The molecule has 0 aromatic carbocycles. The van der Waals surface area contributed by atoms with Crippen molar-refractivity contribution in [3.05, 3.63) is 11.1 Å². The lowest BCUT2D eigenvalue weighted by atomic mass is 9.85. The van der Waals surface area contributed by atoms with E-state index in [1.165, 1.54) is 18.4 Å². The zero-order valence-corrected chi connectivity index (χ0v) is 12.3. The molecule has 2 rings (SSSR count). The molecule has 0 aromatic rings.